The Kier molecular flexibility index (Phi) is 3.51. The van der Waals surface area contributed by atoms with Gasteiger partial charge in [0.2, 0.25) is 0 Å². The summed E-state index contributed by atoms with van der Waals surface area (Å²) in [5.41, 5.74) is 6.21. The highest BCUT2D eigenvalue weighted by atomic mass is 19.1. The highest BCUT2D eigenvalue weighted by molar-refractivity contribution is 5.69. The summed E-state index contributed by atoms with van der Waals surface area (Å²) in [4.78, 5) is 0. The van der Waals surface area contributed by atoms with E-state index in [0.717, 1.165) is 5.56 Å². The monoisotopic (exact) mass is 242 g/mol. The van der Waals surface area contributed by atoms with Gasteiger partial charge < -0.3 is 0 Å². The molecule has 2 rings (SSSR count). The Morgan fingerprint density at radius 1 is 0.889 bits per heavy atom. The molecule has 0 aliphatic heterocycles. The van der Waals surface area contributed by atoms with Crippen molar-refractivity contribution in [3.05, 3.63) is 58.9 Å². The Balaban J connectivity index is 2.57. The number of aryl methyl sites for hydroxylation is 2. The van der Waals surface area contributed by atoms with Gasteiger partial charge in [-0.05, 0) is 59.7 Å². The quantitative estimate of drug-likeness (QED) is 0.676. The van der Waals surface area contributed by atoms with E-state index in [4.69, 9.17) is 0 Å². The van der Waals surface area contributed by atoms with E-state index >= 15 is 0 Å². The number of hydrogen-bond donors (Lipinski definition) is 0. The van der Waals surface area contributed by atoms with Crippen molar-refractivity contribution in [2.24, 2.45) is 0 Å². The van der Waals surface area contributed by atoms with Crippen molar-refractivity contribution >= 4 is 0 Å². The van der Waals surface area contributed by atoms with E-state index in [1.54, 1.807) is 0 Å². The van der Waals surface area contributed by atoms with Crippen molar-refractivity contribution in [2.75, 3.05) is 0 Å². The first-order valence-corrected chi connectivity index (χ1v) is 6.36. The van der Waals surface area contributed by atoms with Gasteiger partial charge in [0.15, 0.2) is 0 Å². The van der Waals surface area contributed by atoms with E-state index in [9.17, 15) is 4.39 Å². The molecule has 0 atom stereocenters. The van der Waals surface area contributed by atoms with Crippen molar-refractivity contribution in [1.82, 2.24) is 0 Å². The van der Waals surface area contributed by atoms with Crippen LogP contribution in [0.2, 0.25) is 0 Å². The van der Waals surface area contributed by atoms with Crippen molar-refractivity contribution in [2.45, 2.75) is 33.6 Å². The van der Waals surface area contributed by atoms with Gasteiger partial charge >= 0.3 is 0 Å². The number of benzene rings is 2. The van der Waals surface area contributed by atoms with E-state index in [1.165, 1.54) is 34.4 Å². The number of halogens is 1. The molecule has 0 fully saturated rings. The molecule has 0 nitrogen and oxygen atoms in total. The third-order valence-electron chi connectivity index (χ3n) is 3.39. The van der Waals surface area contributed by atoms with E-state index in [2.05, 4.69) is 39.8 Å². The fourth-order valence-corrected chi connectivity index (χ4v) is 2.43. The molecular weight excluding hydrogens is 223 g/mol. The normalized spacial score (nSPS) is 11.0. The van der Waals surface area contributed by atoms with Crippen molar-refractivity contribution in [1.29, 1.82) is 0 Å². The summed E-state index contributed by atoms with van der Waals surface area (Å²) in [5, 5.41) is 0. The Labute approximate surface area is 108 Å². The van der Waals surface area contributed by atoms with Gasteiger partial charge in [0.1, 0.15) is 5.82 Å². The summed E-state index contributed by atoms with van der Waals surface area (Å²) < 4.78 is 13.0. The van der Waals surface area contributed by atoms with Crippen LogP contribution in [0, 0.1) is 19.7 Å². The van der Waals surface area contributed by atoms with Crippen LogP contribution in [0.15, 0.2) is 36.4 Å². The van der Waals surface area contributed by atoms with Gasteiger partial charge in [-0.3, -0.25) is 0 Å². The third kappa shape index (κ3) is 2.45. The Morgan fingerprint density at radius 3 is 2.06 bits per heavy atom. The Morgan fingerprint density at radius 2 is 1.50 bits per heavy atom. The molecule has 0 spiro atoms. The second kappa shape index (κ2) is 4.93. The lowest BCUT2D eigenvalue weighted by molar-refractivity contribution is 0.628. The van der Waals surface area contributed by atoms with E-state index in [-0.39, 0.29) is 5.82 Å². The lowest BCUT2D eigenvalue weighted by Gasteiger charge is -2.15. The van der Waals surface area contributed by atoms with Gasteiger partial charge in [-0.15, -0.1) is 0 Å². The first-order valence-electron chi connectivity index (χ1n) is 6.36. The van der Waals surface area contributed by atoms with Crippen LogP contribution in [0.1, 0.15) is 36.5 Å². The molecule has 0 heterocycles. The van der Waals surface area contributed by atoms with Crippen LogP contribution in [0.5, 0.6) is 0 Å². The molecule has 18 heavy (non-hydrogen) atoms. The van der Waals surface area contributed by atoms with Crippen LogP contribution in [-0.4, -0.2) is 0 Å². The number of rotatable bonds is 2. The summed E-state index contributed by atoms with van der Waals surface area (Å²) in [5.74, 6) is 0.317. The van der Waals surface area contributed by atoms with Crippen LogP contribution in [-0.2, 0) is 0 Å². The second-order valence-corrected chi connectivity index (χ2v) is 5.19. The van der Waals surface area contributed by atoms with Gasteiger partial charge in [0, 0.05) is 0 Å². The summed E-state index contributed by atoms with van der Waals surface area (Å²) in [6, 6.07) is 11.2. The average molecular weight is 242 g/mol. The first-order chi connectivity index (χ1) is 8.49. The Hall–Kier alpha value is -1.63. The molecule has 0 bridgehead atoms. The van der Waals surface area contributed by atoms with Gasteiger partial charge in [0.25, 0.3) is 0 Å². The SMILES string of the molecule is Cc1cc(C)c(C(C)C)cc1-c1ccc(F)cc1. The molecule has 0 aromatic heterocycles. The minimum atomic E-state index is -0.187. The zero-order chi connectivity index (χ0) is 13.3. The van der Waals surface area contributed by atoms with Crippen molar-refractivity contribution in [3.63, 3.8) is 0 Å². The standard InChI is InChI=1S/C17H19F/c1-11(2)16-10-17(13(4)9-12(16)3)14-5-7-15(18)8-6-14/h5-11H,1-4H3. The van der Waals surface area contributed by atoms with Gasteiger partial charge in [-0.2, -0.15) is 0 Å². The largest absolute Gasteiger partial charge is 0.207 e. The van der Waals surface area contributed by atoms with Crippen molar-refractivity contribution in [3.8, 4) is 11.1 Å². The van der Waals surface area contributed by atoms with E-state index in [0.29, 0.717) is 5.92 Å². The molecule has 0 aliphatic rings. The lowest BCUT2D eigenvalue weighted by atomic mass is 9.90. The van der Waals surface area contributed by atoms with E-state index < -0.39 is 0 Å². The molecule has 0 saturated heterocycles. The maximum absolute atomic E-state index is 13.0. The molecule has 2 aromatic rings. The molecule has 0 saturated carbocycles. The average Bonchev–Trinajstić information content (AvgIpc) is 2.30. The van der Waals surface area contributed by atoms with Gasteiger partial charge in [0.05, 0.1) is 0 Å². The molecule has 0 N–H and O–H groups in total. The second-order valence-electron chi connectivity index (χ2n) is 5.19. The molecule has 1 heteroatoms. The van der Waals surface area contributed by atoms with Gasteiger partial charge in [-0.1, -0.05) is 38.1 Å². The molecule has 0 unspecified atom stereocenters. The minimum Gasteiger partial charge on any atom is -0.207 e. The van der Waals surface area contributed by atoms with Crippen LogP contribution in [0.25, 0.3) is 11.1 Å². The highest BCUT2D eigenvalue weighted by Gasteiger charge is 2.09. The zero-order valence-electron chi connectivity index (χ0n) is 11.4. The van der Waals surface area contributed by atoms with Crippen molar-refractivity contribution < 1.29 is 4.39 Å². The van der Waals surface area contributed by atoms with Crippen LogP contribution < -0.4 is 0 Å². The fraction of sp³-hybridized carbons (Fsp3) is 0.294. The first kappa shape index (κ1) is 12.8. The fourth-order valence-electron chi connectivity index (χ4n) is 2.43. The molecule has 0 radical (unpaired) electrons. The summed E-state index contributed by atoms with van der Waals surface area (Å²) >= 11 is 0. The Bertz CT molecular complexity index is 551. The zero-order valence-corrected chi connectivity index (χ0v) is 11.4. The maximum Gasteiger partial charge on any atom is 0.123 e. The van der Waals surface area contributed by atoms with Gasteiger partial charge in [-0.25, -0.2) is 4.39 Å². The molecule has 94 valence electrons. The predicted octanol–water partition coefficient (Wildman–Crippen LogP) is 5.23. The topological polar surface area (TPSA) is 0 Å². The van der Waals surface area contributed by atoms with Crippen LogP contribution >= 0.6 is 0 Å². The predicted molar refractivity (Wildman–Crippen MR) is 75.4 cm³/mol. The molecule has 0 amide bonds. The number of hydrogen-bond acceptors (Lipinski definition) is 0. The van der Waals surface area contributed by atoms with Crippen LogP contribution in [0.3, 0.4) is 0 Å². The summed E-state index contributed by atoms with van der Waals surface area (Å²) in [6.07, 6.45) is 0. The molecular formula is C17H19F. The smallest absolute Gasteiger partial charge is 0.123 e. The maximum atomic E-state index is 13.0. The third-order valence-corrected chi connectivity index (χ3v) is 3.39. The van der Waals surface area contributed by atoms with E-state index in [1.807, 2.05) is 12.1 Å². The molecule has 0 aliphatic carbocycles. The summed E-state index contributed by atoms with van der Waals surface area (Å²) in [7, 11) is 0. The molecule has 2 aromatic carbocycles. The highest BCUT2D eigenvalue weighted by Crippen LogP contribution is 2.30. The van der Waals surface area contributed by atoms with Crippen LogP contribution in [0.4, 0.5) is 4.39 Å². The minimum absolute atomic E-state index is 0.187. The lowest BCUT2D eigenvalue weighted by Crippen LogP contribution is -1.95. The summed E-state index contributed by atoms with van der Waals surface area (Å²) in [6.45, 7) is 8.66.